The van der Waals surface area contributed by atoms with Gasteiger partial charge in [-0.1, -0.05) is 0 Å². The minimum Gasteiger partial charge on any atom is -0.355 e. The van der Waals surface area contributed by atoms with Gasteiger partial charge in [0.15, 0.2) is 12.0 Å². The predicted molar refractivity (Wildman–Crippen MR) is 90.9 cm³/mol. The molecule has 1 aliphatic heterocycles. The molecule has 0 radical (unpaired) electrons. The summed E-state index contributed by atoms with van der Waals surface area (Å²) < 4.78 is 1.75. The van der Waals surface area contributed by atoms with Crippen LogP contribution in [0.4, 0.5) is 5.82 Å². The van der Waals surface area contributed by atoms with Crippen molar-refractivity contribution >= 4 is 17.6 Å². The molecule has 0 aliphatic carbocycles. The fourth-order valence-electron chi connectivity index (χ4n) is 2.83. The van der Waals surface area contributed by atoms with Gasteiger partial charge in [0.05, 0.1) is 6.20 Å². The Labute approximate surface area is 145 Å². The number of nitrogens with one attached hydrogen (secondary N) is 2. The monoisotopic (exact) mass is 338 g/mol. The van der Waals surface area contributed by atoms with Crippen molar-refractivity contribution in [3.8, 4) is 11.9 Å². The van der Waals surface area contributed by atoms with E-state index in [-0.39, 0.29) is 11.8 Å². The van der Waals surface area contributed by atoms with Crippen molar-refractivity contribution in [2.45, 2.75) is 18.9 Å². The maximum absolute atomic E-state index is 12.3. The number of hydrogen-bond donors (Lipinski definition) is 2. The molecule has 3 rings (SSSR count). The molecule has 1 atom stereocenters. The van der Waals surface area contributed by atoms with E-state index in [1.54, 1.807) is 48.4 Å². The summed E-state index contributed by atoms with van der Waals surface area (Å²) in [6.07, 6.45) is 6.82. The summed E-state index contributed by atoms with van der Waals surface area (Å²) in [6.45, 7) is 0.612. The molecule has 128 valence electrons. The SMILES string of the molecule is CNC(=O)c1ccc(-n2cnc(NC(=O)C3CCCN3C#N)c2)cc1. The second-order valence-electron chi connectivity index (χ2n) is 5.73. The standard InChI is InChI=1S/C17H18N6O2/c1-19-16(24)12-4-6-13(7-5-12)23-9-15(20-11-23)21-17(25)14-3-2-8-22(14)10-18/h4-7,9,11,14H,2-3,8H2,1H3,(H,19,24)(H,21,25). The number of imidazole rings is 1. The van der Waals surface area contributed by atoms with Crippen LogP contribution in [0.3, 0.4) is 0 Å². The summed E-state index contributed by atoms with van der Waals surface area (Å²) in [6, 6.07) is 6.60. The van der Waals surface area contributed by atoms with Crippen LogP contribution in [-0.4, -0.2) is 45.9 Å². The quantitative estimate of drug-likeness (QED) is 0.813. The van der Waals surface area contributed by atoms with Gasteiger partial charge in [-0.3, -0.25) is 14.5 Å². The molecule has 2 heterocycles. The van der Waals surface area contributed by atoms with Gasteiger partial charge in [0.1, 0.15) is 12.4 Å². The lowest BCUT2D eigenvalue weighted by Gasteiger charge is -2.16. The summed E-state index contributed by atoms with van der Waals surface area (Å²) >= 11 is 0. The molecule has 25 heavy (non-hydrogen) atoms. The molecule has 1 aromatic carbocycles. The van der Waals surface area contributed by atoms with Crippen LogP contribution in [0.5, 0.6) is 0 Å². The van der Waals surface area contributed by atoms with E-state index in [4.69, 9.17) is 5.26 Å². The first-order valence-electron chi connectivity index (χ1n) is 7.96. The van der Waals surface area contributed by atoms with Crippen LogP contribution in [0, 0.1) is 11.5 Å². The van der Waals surface area contributed by atoms with E-state index in [0.717, 1.165) is 12.1 Å². The summed E-state index contributed by atoms with van der Waals surface area (Å²) in [5.74, 6) is 0.0492. The lowest BCUT2D eigenvalue weighted by molar-refractivity contribution is -0.119. The fourth-order valence-corrected chi connectivity index (χ4v) is 2.83. The molecule has 0 bridgehead atoms. The smallest absolute Gasteiger partial charge is 0.251 e. The average molecular weight is 338 g/mol. The van der Waals surface area contributed by atoms with E-state index >= 15 is 0 Å². The molecule has 2 amide bonds. The maximum atomic E-state index is 12.3. The second-order valence-corrected chi connectivity index (χ2v) is 5.73. The minimum absolute atomic E-state index is 0.149. The third-order valence-corrected chi connectivity index (χ3v) is 4.17. The highest BCUT2D eigenvalue weighted by molar-refractivity contribution is 5.94. The van der Waals surface area contributed by atoms with E-state index in [9.17, 15) is 9.59 Å². The van der Waals surface area contributed by atoms with Gasteiger partial charge >= 0.3 is 0 Å². The number of rotatable bonds is 4. The number of aromatic nitrogens is 2. The molecule has 8 heteroatoms. The predicted octanol–water partition coefficient (Wildman–Crippen LogP) is 1.12. The number of nitrogens with zero attached hydrogens (tertiary/aromatic N) is 4. The Kier molecular flexibility index (Phi) is 4.66. The van der Waals surface area contributed by atoms with Gasteiger partial charge in [-0.2, -0.15) is 5.26 Å². The van der Waals surface area contributed by atoms with Crippen molar-refractivity contribution in [2.24, 2.45) is 0 Å². The van der Waals surface area contributed by atoms with Gasteiger partial charge in [0, 0.05) is 24.8 Å². The first-order valence-corrected chi connectivity index (χ1v) is 7.96. The van der Waals surface area contributed by atoms with Crippen LogP contribution in [0.25, 0.3) is 5.69 Å². The van der Waals surface area contributed by atoms with E-state index in [2.05, 4.69) is 15.6 Å². The van der Waals surface area contributed by atoms with Gasteiger partial charge in [0.2, 0.25) is 5.91 Å². The Balaban J connectivity index is 1.69. The normalized spacial score (nSPS) is 16.3. The summed E-state index contributed by atoms with van der Waals surface area (Å²) in [5.41, 5.74) is 1.39. The Hall–Kier alpha value is -3.34. The topological polar surface area (TPSA) is 103 Å². The highest BCUT2D eigenvalue weighted by Gasteiger charge is 2.30. The van der Waals surface area contributed by atoms with Gasteiger partial charge < -0.3 is 15.2 Å². The summed E-state index contributed by atoms with van der Waals surface area (Å²) in [4.78, 5) is 29.5. The minimum atomic E-state index is -0.429. The number of amides is 2. The number of carbonyl (C=O) groups excluding carboxylic acids is 2. The van der Waals surface area contributed by atoms with Crippen molar-refractivity contribution in [1.82, 2.24) is 19.8 Å². The van der Waals surface area contributed by atoms with Crippen molar-refractivity contribution in [3.63, 3.8) is 0 Å². The van der Waals surface area contributed by atoms with Gasteiger partial charge in [-0.25, -0.2) is 4.98 Å². The molecule has 1 saturated heterocycles. The molecule has 0 spiro atoms. The molecular weight excluding hydrogens is 320 g/mol. The lowest BCUT2D eigenvalue weighted by Crippen LogP contribution is -2.36. The second kappa shape index (κ2) is 7.05. The first-order chi connectivity index (χ1) is 12.1. The Morgan fingerprint density at radius 1 is 1.32 bits per heavy atom. The van der Waals surface area contributed by atoms with E-state index < -0.39 is 6.04 Å². The Bertz CT molecular complexity index is 820. The molecule has 1 fully saturated rings. The molecule has 1 aromatic heterocycles. The number of benzene rings is 1. The molecule has 2 aromatic rings. The van der Waals surface area contributed by atoms with Crippen LogP contribution in [0.1, 0.15) is 23.2 Å². The van der Waals surface area contributed by atoms with Crippen LogP contribution in [-0.2, 0) is 4.79 Å². The number of nitriles is 1. The van der Waals surface area contributed by atoms with E-state index in [0.29, 0.717) is 24.3 Å². The average Bonchev–Trinajstić information content (AvgIpc) is 3.30. The number of anilines is 1. The number of likely N-dealkylation sites (tertiary alicyclic amines) is 1. The highest BCUT2D eigenvalue weighted by Crippen LogP contribution is 2.18. The van der Waals surface area contributed by atoms with Gasteiger partial charge in [-0.05, 0) is 37.1 Å². The van der Waals surface area contributed by atoms with Crippen LogP contribution in [0.15, 0.2) is 36.8 Å². The largest absolute Gasteiger partial charge is 0.355 e. The third-order valence-electron chi connectivity index (χ3n) is 4.17. The molecule has 0 saturated carbocycles. The zero-order chi connectivity index (χ0) is 17.8. The third kappa shape index (κ3) is 3.45. The van der Waals surface area contributed by atoms with E-state index in [1.165, 1.54) is 4.90 Å². The van der Waals surface area contributed by atoms with Crippen molar-refractivity contribution in [2.75, 3.05) is 18.9 Å². The molecule has 8 nitrogen and oxygen atoms in total. The molecule has 1 unspecified atom stereocenters. The zero-order valence-corrected chi connectivity index (χ0v) is 13.8. The number of hydrogen-bond acceptors (Lipinski definition) is 5. The highest BCUT2D eigenvalue weighted by atomic mass is 16.2. The lowest BCUT2D eigenvalue weighted by atomic mass is 10.2. The fraction of sp³-hybridized carbons (Fsp3) is 0.294. The Morgan fingerprint density at radius 2 is 2.08 bits per heavy atom. The first kappa shape index (κ1) is 16.5. The van der Waals surface area contributed by atoms with Crippen LogP contribution < -0.4 is 10.6 Å². The Morgan fingerprint density at radius 3 is 2.76 bits per heavy atom. The van der Waals surface area contributed by atoms with Crippen molar-refractivity contribution in [3.05, 3.63) is 42.4 Å². The van der Waals surface area contributed by atoms with Crippen LogP contribution in [0.2, 0.25) is 0 Å². The molecule has 2 N–H and O–H groups in total. The maximum Gasteiger partial charge on any atom is 0.251 e. The molecular formula is C17H18N6O2. The summed E-state index contributed by atoms with van der Waals surface area (Å²) in [7, 11) is 1.58. The zero-order valence-electron chi connectivity index (χ0n) is 13.8. The van der Waals surface area contributed by atoms with Crippen LogP contribution >= 0.6 is 0 Å². The van der Waals surface area contributed by atoms with Crippen molar-refractivity contribution in [1.29, 1.82) is 5.26 Å². The molecule has 1 aliphatic rings. The van der Waals surface area contributed by atoms with E-state index in [1.807, 2.05) is 6.19 Å². The van der Waals surface area contributed by atoms with Crippen molar-refractivity contribution < 1.29 is 9.59 Å². The van der Waals surface area contributed by atoms with Gasteiger partial charge in [-0.15, -0.1) is 0 Å². The number of carbonyl (C=O) groups is 2. The summed E-state index contributed by atoms with van der Waals surface area (Å²) in [5, 5.41) is 14.3. The van der Waals surface area contributed by atoms with Gasteiger partial charge in [0.25, 0.3) is 5.91 Å².